The standard InChI is InChI=1S/C21H22O3/c1-13(2)10-15-6-5-7-18(20(15)23)21(24)16-8-9-19(22)17(12-16)11-14(3)4/h5-9,12,22-23H,1,3,10-11H2,2,4H3. The molecule has 2 aromatic carbocycles. The number of aromatic hydroxyl groups is 2. The maximum Gasteiger partial charge on any atom is 0.196 e. The fraction of sp³-hybridized carbons (Fsp3) is 0.190. The number of hydrogen-bond donors (Lipinski definition) is 2. The topological polar surface area (TPSA) is 57.5 Å². The number of benzene rings is 2. The van der Waals surface area contributed by atoms with Crippen molar-refractivity contribution < 1.29 is 15.0 Å². The summed E-state index contributed by atoms with van der Waals surface area (Å²) in [6.45, 7) is 11.4. The second kappa shape index (κ2) is 7.18. The van der Waals surface area contributed by atoms with Crippen molar-refractivity contribution in [2.75, 3.05) is 0 Å². The van der Waals surface area contributed by atoms with Gasteiger partial charge in [0.25, 0.3) is 0 Å². The van der Waals surface area contributed by atoms with Gasteiger partial charge < -0.3 is 10.2 Å². The molecule has 3 heteroatoms. The second-order valence-electron chi connectivity index (χ2n) is 6.25. The van der Waals surface area contributed by atoms with Crippen molar-refractivity contribution in [2.24, 2.45) is 0 Å². The smallest absolute Gasteiger partial charge is 0.196 e. The summed E-state index contributed by atoms with van der Waals surface area (Å²) < 4.78 is 0. The number of phenolic OH excluding ortho intramolecular Hbond substituents is 2. The van der Waals surface area contributed by atoms with Gasteiger partial charge in [-0.15, -0.1) is 0 Å². The molecular weight excluding hydrogens is 300 g/mol. The first kappa shape index (κ1) is 17.5. The minimum atomic E-state index is -0.279. The van der Waals surface area contributed by atoms with E-state index < -0.39 is 0 Å². The lowest BCUT2D eigenvalue weighted by molar-refractivity contribution is 0.103. The number of carbonyl (C=O) groups excluding carboxylic acids is 1. The van der Waals surface area contributed by atoms with Crippen LogP contribution in [0.25, 0.3) is 0 Å². The van der Waals surface area contributed by atoms with Crippen LogP contribution in [0.1, 0.15) is 40.9 Å². The normalized spacial score (nSPS) is 10.4. The zero-order valence-electron chi connectivity index (χ0n) is 14.1. The van der Waals surface area contributed by atoms with Gasteiger partial charge in [-0.3, -0.25) is 4.79 Å². The van der Waals surface area contributed by atoms with E-state index in [4.69, 9.17) is 0 Å². The maximum atomic E-state index is 12.8. The van der Waals surface area contributed by atoms with E-state index in [1.807, 2.05) is 13.8 Å². The van der Waals surface area contributed by atoms with Gasteiger partial charge in [-0.2, -0.15) is 0 Å². The molecule has 0 heterocycles. The molecule has 0 spiro atoms. The highest BCUT2D eigenvalue weighted by Gasteiger charge is 2.17. The predicted octanol–water partition coefficient (Wildman–Crippen LogP) is 4.57. The molecular formula is C21H22O3. The molecule has 0 atom stereocenters. The van der Waals surface area contributed by atoms with Crippen molar-refractivity contribution in [1.29, 1.82) is 0 Å². The van der Waals surface area contributed by atoms with Gasteiger partial charge in [-0.1, -0.05) is 36.4 Å². The van der Waals surface area contributed by atoms with Gasteiger partial charge >= 0.3 is 0 Å². The molecule has 0 radical (unpaired) electrons. The highest BCUT2D eigenvalue weighted by atomic mass is 16.3. The number of para-hydroxylation sites is 1. The van der Waals surface area contributed by atoms with Gasteiger partial charge in [0.2, 0.25) is 0 Å². The van der Waals surface area contributed by atoms with Crippen LogP contribution in [-0.2, 0) is 12.8 Å². The lowest BCUT2D eigenvalue weighted by Gasteiger charge is -2.11. The fourth-order valence-electron chi connectivity index (χ4n) is 2.59. The number of allylic oxidation sites excluding steroid dienone is 2. The first-order valence-corrected chi connectivity index (χ1v) is 7.75. The summed E-state index contributed by atoms with van der Waals surface area (Å²) in [5.74, 6) is -0.158. The van der Waals surface area contributed by atoms with Crippen LogP contribution >= 0.6 is 0 Å². The Hall–Kier alpha value is -2.81. The summed E-state index contributed by atoms with van der Waals surface area (Å²) in [5.41, 5.74) is 3.79. The molecule has 0 aliphatic heterocycles. The number of ketones is 1. The molecule has 0 aliphatic carbocycles. The van der Waals surface area contributed by atoms with Gasteiger partial charge in [0, 0.05) is 5.56 Å². The Balaban J connectivity index is 2.42. The molecule has 124 valence electrons. The van der Waals surface area contributed by atoms with Gasteiger partial charge in [-0.25, -0.2) is 0 Å². The van der Waals surface area contributed by atoms with Crippen LogP contribution in [0.2, 0.25) is 0 Å². The van der Waals surface area contributed by atoms with Gasteiger partial charge in [0.15, 0.2) is 5.78 Å². The van der Waals surface area contributed by atoms with E-state index in [1.54, 1.807) is 30.3 Å². The van der Waals surface area contributed by atoms with Crippen molar-refractivity contribution in [3.8, 4) is 11.5 Å². The maximum absolute atomic E-state index is 12.8. The zero-order valence-corrected chi connectivity index (χ0v) is 14.1. The minimum absolute atomic E-state index is 0.0139. The highest BCUT2D eigenvalue weighted by Crippen LogP contribution is 2.28. The number of rotatable bonds is 6. The summed E-state index contributed by atoms with van der Waals surface area (Å²) in [6, 6.07) is 9.84. The first-order chi connectivity index (χ1) is 11.3. The van der Waals surface area contributed by atoms with Crippen LogP contribution in [0.3, 0.4) is 0 Å². The third-order valence-corrected chi connectivity index (χ3v) is 3.69. The van der Waals surface area contributed by atoms with Gasteiger partial charge in [0.1, 0.15) is 11.5 Å². The van der Waals surface area contributed by atoms with E-state index in [0.29, 0.717) is 29.5 Å². The minimum Gasteiger partial charge on any atom is -0.508 e. The van der Waals surface area contributed by atoms with Crippen molar-refractivity contribution in [3.05, 3.63) is 83.0 Å². The summed E-state index contributed by atoms with van der Waals surface area (Å²) in [7, 11) is 0. The number of hydrogen-bond acceptors (Lipinski definition) is 3. The van der Waals surface area contributed by atoms with E-state index in [-0.39, 0.29) is 22.8 Å². The zero-order chi connectivity index (χ0) is 17.9. The van der Waals surface area contributed by atoms with E-state index >= 15 is 0 Å². The second-order valence-corrected chi connectivity index (χ2v) is 6.25. The van der Waals surface area contributed by atoms with Crippen molar-refractivity contribution >= 4 is 5.78 Å². The average molecular weight is 322 g/mol. The fourth-order valence-corrected chi connectivity index (χ4v) is 2.59. The van der Waals surface area contributed by atoms with Crippen LogP contribution in [0, 0.1) is 0 Å². The Morgan fingerprint density at radius 2 is 1.58 bits per heavy atom. The Morgan fingerprint density at radius 3 is 2.21 bits per heavy atom. The summed E-state index contributed by atoms with van der Waals surface area (Å²) >= 11 is 0. The van der Waals surface area contributed by atoms with Gasteiger partial charge in [0.05, 0.1) is 5.56 Å². The number of carbonyl (C=O) groups is 1. The van der Waals surface area contributed by atoms with E-state index in [0.717, 1.165) is 11.1 Å². The lowest BCUT2D eigenvalue weighted by atomic mass is 9.95. The Labute approximate surface area is 142 Å². The molecule has 2 aromatic rings. The van der Waals surface area contributed by atoms with Crippen molar-refractivity contribution in [3.63, 3.8) is 0 Å². The average Bonchev–Trinajstić information content (AvgIpc) is 2.50. The SMILES string of the molecule is C=C(C)Cc1cc(C(=O)c2cccc(CC(=C)C)c2O)ccc1O. The van der Waals surface area contributed by atoms with E-state index in [9.17, 15) is 15.0 Å². The summed E-state index contributed by atoms with van der Waals surface area (Å²) in [4.78, 5) is 12.8. The molecule has 0 fully saturated rings. The molecule has 0 aromatic heterocycles. The molecule has 0 saturated carbocycles. The molecule has 0 bridgehead atoms. The Morgan fingerprint density at radius 1 is 0.958 bits per heavy atom. The molecule has 2 rings (SSSR count). The lowest BCUT2D eigenvalue weighted by Crippen LogP contribution is -2.04. The third-order valence-electron chi connectivity index (χ3n) is 3.69. The van der Waals surface area contributed by atoms with E-state index in [2.05, 4.69) is 13.2 Å². The molecule has 0 aliphatic rings. The van der Waals surface area contributed by atoms with Crippen LogP contribution in [0.5, 0.6) is 11.5 Å². The van der Waals surface area contributed by atoms with E-state index in [1.165, 1.54) is 6.07 Å². The van der Waals surface area contributed by atoms with Crippen molar-refractivity contribution in [1.82, 2.24) is 0 Å². The quantitative estimate of drug-likeness (QED) is 0.605. The highest BCUT2D eigenvalue weighted by molar-refractivity contribution is 6.11. The Bertz CT molecular complexity index is 816. The number of phenols is 2. The summed E-state index contributed by atoms with van der Waals surface area (Å²) in [6.07, 6.45) is 1.01. The third kappa shape index (κ3) is 3.93. The van der Waals surface area contributed by atoms with Crippen LogP contribution < -0.4 is 0 Å². The van der Waals surface area contributed by atoms with Crippen molar-refractivity contribution in [2.45, 2.75) is 26.7 Å². The Kier molecular flexibility index (Phi) is 5.24. The molecule has 3 nitrogen and oxygen atoms in total. The predicted molar refractivity (Wildman–Crippen MR) is 96.7 cm³/mol. The molecule has 24 heavy (non-hydrogen) atoms. The molecule has 0 unspecified atom stereocenters. The first-order valence-electron chi connectivity index (χ1n) is 7.75. The van der Waals surface area contributed by atoms with Crippen LogP contribution in [-0.4, -0.2) is 16.0 Å². The monoisotopic (exact) mass is 322 g/mol. The van der Waals surface area contributed by atoms with Gasteiger partial charge in [-0.05, 0) is 62.1 Å². The largest absolute Gasteiger partial charge is 0.508 e. The van der Waals surface area contributed by atoms with Crippen LogP contribution in [0.15, 0.2) is 60.7 Å². The molecule has 0 amide bonds. The molecule has 0 saturated heterocycles. The summed E-state index contributed by atoms with van der Waals surface area (Å²) in [5, 5.41) is 20.3. The van der Waals surface area contributed by atoms with Crippen LogP contribution in [0.4, 0.5) is 0 Å². The molecule has 2 N–H and O–H groups in total.